The Balaban J connectivity index is 1.74. The van der Waals surface area contributed by atoms with Crippen LogP contribution in [0.2, 0.25) is 0 Å². The lowest BCUT2D eigenvalue weighted by molar-refractivity contribution is 0.0323. The van der Waals surface area contributed by atoms with Crippen molar-refractivity contribution in [2.45, 2.75) is 58.1 Å². The number of hydrogen-bond acceptors (Lipinski definition) is 4. The van der Waals surface area contributed by atoms with E-state index >= 15 is 0 Å². The van der Waals surface area contributed by atoms with E-state index in [2.05, 4.69) is 24.3 Å². The molecule has 0 aromatic carbocycles. The molecule has 6 heteroatoms. The van der Waals surface area contributed by atoms with Crippen molar-refractivity contribution < 1.29 is 14.3 Å². The zero-order valence-corrected chi connectivity index (χ0v) is 14.7. The van der Waals surface area contributed by atoms with E-state index in [1.54, 1.807) is 25.3 Å². The number of aryl methyl sites for hydroxylation is 1. The maximum Gasteiger partial charge on any atom is 0.254 e. The van der Waals surface area contributed by atoms with Gasteiger partial charge >= 0.3 is 0 Å². The summed E-state index contributed by atoms with van der Waals surface area (Å²) in [5.41, 5.74) is 0.367. The summed E-state index contributed by atoms with van der Waals surface area (Å²) in [5.74, 6) is 1.39. The summed E-state index contributed by atoms with van der Waals surface area (Å²) in [4.78, 5) is 12.6. The lowest BCUT2D eigenvalue weighted by Crippen LogP contribution is -2.38. The molecule has 1 unspecified atom stereocenters. The van der Waals surface area contributed by atoms with Crippen LogP contribution in [-0.2, 0) is 5.60 Å². The van der Waals surface area contributed by atoms with Gasteiger partial charge in [-0.2, -0.15) is 5.10 Å². The van der Waals surface area contributed by atoms with Gasteiger partial charge in [0.15, 0.2) is 0 Å². The van der Waals surface area contributed by atoms with E-state index in [0.717, 1.165) is 24.3 Å². The third-order valence-electron chi connectivity index (χ3n) is 4.40. The van der Waals surface area contributed by atoms with Crippen molar-refractivity contribution in [2.24, 2.45) is 0 Å². The van der Waals surface area contributed by atoms with Gasteiger partial charge in [-0.1, -0.05) is 0 Å². The minimum absolute atomic E-state index is 0.0791. The molecular weight excluding hydrogens is 306 g/mol. The van der Waals surface area contributed by atoms with E-state index in [-0.39, 0.29) is 18.5 Å². The van der Waals surface area contributed by atoms with Crippen molar-refractivity contribution in [3.05, 3.63) is 41.1 Å². The highest BCUT2D eigenvalue weighted by atomic mass is 16.4. The average Bonchev–Trinajstić information content (AvgIpc) is 3.08. The maximum absolute atomic E-state index is 12.6. The average molecular weight is 331 g/mol. The third-order valence-corrected chi connectivity index (χ3v) is 4.40. The fraction of sp³-hybridized carbons (Fsp3) is 0.556. The van der Waals surface area contributed by atoms with E-state index in [0.29, 0.717) is 17.2 Å². The van der Waals surface area contributed by atoms with Crippen LogP contribution in [0.25, 0.3) is 0 Å². The topological polar surface area (TPSA) is 80.3 Å². The Bertz CT molecular complexity index is 739. The van der Waals surface area contributed by atoms with Gasteiger partial charge < -0.3 is 14.8 Å². The van der Waals surface area contributed by atoms with Crippen molar-refractivity contribution >= 4 is 5.91 Å². The zero-order chi connectivity index (χ0) is 17.5. The number of carbonyl (C=O) groups is 1. The van der Waals surface area contributed by atoms with Gasteiger partial charge in [0.2, 0.25) is 0 Å². The Morgan fingerprint density at radius 3 is 2.75 bits per heavy atom. The van der Waals surface area contributed by atoms with Crippen LogP contribution in [0.15, 0.2) is 22.7 Å². The van der Waals surface area contributed by atoms with Gasteiger partial charge in [0, 0.05) is 12.0 Å². The van der Waals surface area contributed by atoms with E-state index in [1.165, 1.54) is 0 Å². The van der Waals surface area contributed by atoms with Crippen molar-refractivity contribution in [1.82, 2.24) is 15.1 Å². The van der Waals surface area contributed by atoms with Crippen molar-refractivity contribution in [1.29, 1.82) is 0 Å². The molecule has 0 saturated heterocycles. The maximum atomic E-state index is 12.6. The molecule has 1 aliphatic rings. The minimum Gasteiger partial charge on any atom is -0.463 e. The Labute approximate surface area is 141 Å². The molecule has 0 radical (unpaired) electrons. The monoisotopic (exact) mass is 331 g/mol. The fourth-order valence-electron chi connectivity index (χ4n) is 2.88. The summed E-state index contributed by atoms with van der Waals surface area (Å²) in [6.45, 7) is 7.65. The predicted octanol–water partition coefficient (Wildman–Crippen LogP) is 2.88. The SMILES string of the molecule is Cc1ccc(C(C)(O)CNC(=O)c2cnn(C(C)C)c2C2CC2)o1. The first-order valence-corrected chi connectivity index (χ1v) is 8.44. The fourth-order valence-corrected chi connectivity index (χ4v) is 2.88. The van der Waals surface area contributed by atoms with Crippen LogP contribution in [0.3, 0.4) is 0 Å². The van der Waals surface area contributed by atoms with Crippen LogP contribution in [-0.4, -0.2) is 27.3 Å². The largest absolute Gasteiger partial charge is 0.463 e. The molecule has 3 rings (SSSR count). The van der Waals surface area contributed by atoms with E-state index in [4.69, 9.17) is 4.42 Å². The van der Waals surface area contributed by atoms with Gasteiger partial charge in [-0.05, 0) is 52.7 Å². The van der Waals surface area contributed by atoms with Crippen LogP contribution in [0.1, 0.15) is 73.1 Å². The summed E-state index contributed by atoms with van der Waals surface area (Å²) in [6.07, 6.45) is 3.83. The van der Waals surface area contributed by atoms with Crippen LogP contribution < -0.4 is 5.32 Å². The number of amides is 1. The number of hydrogen-bond donors (Lipinski definition) is 2. The van der Waals surface area contributed by atoms with Crippen LogP contribution in [0.5, 0.6) is 0 Å². The van der Waals surface area contributed by atoms with E-state index in [9.17, 15) is 9.90 Å². The Morgan fingerprint density at radius 1 is 1.50 bits per heavy atom. The summed E-state index contributed by atoms with van der Waals surface area (Å²) in [6, 6.07) is 3.74. The van der Waals surface area contributed by atoms with Crippen LogP contribution in [0.4, 0.5) is 0 Å². The minimum atomic E-state index is -1.25. The third kappa shape index (κ3) is 3.24. The first-order chi connectivity index (χ1) is 11.3. The summed E-state index contributed by atoms with van der Waals surface area (Å²) >= 11 is 0. The number of aliphatic hydroxyl groups is 1. The van der Waals surface area contributed by atoms with Gasteiger partial charge in [0.1, 0.15) is 17.1 Å². The molecule has 1 atom stereocenters. The quantitative estimate of drug-likeness (QED) is 0.853. The highest BCUT2D eigenvalue weighted by Crippen LogP contribution is 2.42. The summed E-state index contributed by atoms with van der Waals surface area (Å²) in [5, 5.41) is 17.7. The highest BCUT2D eigenvalue weighted by molar-refractivity contribution is 5.95. The number of aromatic nitrogens is 2. The van der Waals surface area contributed by atoms with E-state index < -0.39 is 5.60 Å². The molecule has 2 heterocycles. The van der Waals surface area contributed by atoms with Gasteiger partial charge in [0.05, 0.1) is 24.0 Å². The molecule has 2 N–H and O–H groups in total. The first-order valence-electron chi connectivity index (χ1n) is 8.44. The molecule has 24 heavy (non-hydrogen) atoms. The lowest BCUT2D eigenvalue weighted by atomic mass is 10.0. The first kappa shape index (κ1) is 16.8. The second kappa shape index (κ2) is 6.09. The molecular formula is C18H25N3O3. The van der Waals surface area contributed by atoms with Gasteiger partial charge in [0.25, 0.3) is 5.91 Å². The number of nitrogens with one attached hydrogen (secondary N) is 1. The second-order valence-electron chi connectivity index (χ2n) is 7.12. The number of rotatable bonds is 6. The highest BCUT2D eigenvalue weighted by Gasteiger charge is 2.34. The normalized spacial score (nSPS) is 17.1. The molecule has 1 amide bonds. The van der Waals surface area contributed by atoms with Crippen LogP contribution in [0, 0.1) is 6.92 Å². The zero-order valence-electron chi connectivity index (χ0n) is 14.7. The Morgan fingerprint density at radius 2 is 2.21 bits per heavy atom. The smallest absolute Gasteiger partial charge is 0.254 e. The van der Waals surface area contributed by atoms with Gasteiger partial charge in [-0.15, -0.1) is 0 Å². The number of furan rings is 1. The molecule has 2 aromatic rings. The summed E-state index contributed by atoms with van der Waals surface area (Å²) < 4.78 is 7.41. The molecule has 1 saturated carbocycles. The van der Waals surface area contributed by atoms with Crippen LogP contribution >= 0.6 is 0 Å². The van der Waals surface area contributed by atoms with Gasteiger partial charge in [-0.25, -0.2) is 0 Å². The van der Waals surface area contributed by atoms with Crippen molar-refractivity contribution in [2.75, 3.05) is 6.54 Å². The van der Waals surface area contributed by atoms with Crippen molar-refractivity contribution in [3.8, 4) is 0 Å². The molecule has 6 nitrogen and oxygen atoms in total. The lowest BCUT2D eigenvalue weighted by Gasteiger charge is -2.21. The van der Waals surface area contributed by atoms with Gasteiger partial charge in [-0.3, -0.25) is 9.48 Å². The van der Waals surface area contributed by atoms with Crippen molar-refractivity contribution in [3.63, 3.8) is 0 Å². The number of carbonyl (C=O) groups excluding carboxylic acids is 1. The molecule has 1 fully saturated rings. The molecule has 2 aromatic heterocycles. The predicted molar refractivity (Wildman–Crippen MR) is 89.9 cm³/mol. The molecule has 0 bridgehead atoms. The Hall–Kier alpha value is -2.08. The number of nitrogens with zero attached hydrogens (tertiary/aromatic N) is 2. The molecule has 130 valence electrons. The second-order valence-corrected chi connectivity index (χ2v) is 7.12. The molecule has 0 spiro atoms. The Kier molecular flexibility index (Phi) is 4.25. The standard InChI is InChI=1S/C18H25N3O3/c1-11(2)21-16(13-6-7-13)14(9-20-21)17(22)19-10-18(4,23)15-8-5-12(3)24-15/h5,8-9,11,13,23H,6-7,10H2,1-4H3,(H,19,22). The summed E-state index contributed by atoms with van der Waals surface area (Å²) in [7, 11) is 0. The molecule has 0 aliphatic heterocycles. The van der Waals surface area contributed by atoms with E-state index in [1.807, 2.05) is 11.6 Å². The molecule has 1 aliphatic carbocycles.